The van der Waals surface area contributed by atoms with Crippen molar-refractivity contribution in [1.82, 2.24) is 10.3 Å². The van der Waals surface area contributed by atoms with Crippen LogP contribution in [0.2, 0.25) is 0 Å². The van der Waals surface area contributed by atoms with E-state index in [9.17, 15) is 5.11 Å². The number of phenolic OH excluding ortho intramolecular Hbond substituents is 1. The van der Waals surface area contributed by atoms with E-state index < -0.39 is 0 Å². The van der Waals surface area contributed by atoms with Crippen molar-refractivity contribution in [2.75, 3.05) is 6.54 Å². The van der Waals surface area contributed by atoms with Crippen molar-refractivity contribution in [3.05, 3.63) is 59.1 Å². The van der Waals surface area contributed by atoms with Crippen LogP contribution in [0.5, 0.6) is 5.75 Å². The van der Waals surface area contributed by atoms with Gasteiger partial charge in [0, 0.05) is 19.5 Å². The fourth-order valence-corrected chi connectivity index (χ4v) is 3.09. The number of fused-ring (bicyclic) bond motifs is 1. The highest BCUT2D eigenvalue weighted by atomic mass is 32.1. The minimum absolute atomic E-state index is 0.315. The van der Waals surface area contributed by atoms with E-state index in [0.717, 1.165) is 35.6 Å². The molecule has 102 valence electrons. The Morgan fingerprint density at radius 2 is 2.00 bits per heavy atom. The summed E-state index contributed by atoms with van der Waals surface area (Å²) in [5.41, 5.74) is 2.18. The van der Waals surface area contributed by atoms with Gasteiger partial charge in [-0.3, -0.25) is 0 Å². The zero-order valence-corrected chi connectivity index (χ0v) is 11.9. The summed E-state index contributed by atoms with van der Waals surface area (Å²) in [6.07, 6.45) is 0.929. The number of para-hydroxylation sites is 1. The van der Waals surface area contributed by atoms with Crippen LogP contribution in [0, 0.1) is 0 Å². The molecule has 2 N–H and O–H groups in total. The number of benzene rings is 2. The van der Waals surface area contributed by atoms with E-state index >= 15 is 0 Å². The maximum Gasteiger partial charge on any atom is 0.115 e. The topological polar surface area (TPSA) is 45.1 Å². The fourth-order valence-electron chi connectivity index (χ4n) is 2.12. The van der Waals surface area contributed by atoms with E-state index in [1.807, 2.05) is 24.3 Å². The molecule has 0 atom stereocenters. The van der Waals surface area contributed by atoms with Crippen molar-refractivity contribution in [3.8, 4) is 5.75 Å². The molecule has 20 heavy (non-hydrogen) atoms. The number of aromatic nitrogens is 1. The van der Waals surface area contributed by atoms with Gasteiger partial charge in [-0.2, -0.15) is 0 Å². The van der Waals surface area contributed by atoms with Crippen LogP contribution in [0.1, 0.15) is 10.6 Å². The number of nitrogens with one attached hydrogen (secondary N) is 1. The third-order valence-electron chi connectivity index (χ3n) is 3.09. The predicted molar refractivity (Wildman–Crippen MR) is 83.1 cm³/mol. The molecule has 0 unspecified atom stereocenters. The third-order valence-corrected chi connectivity index (χ3v) is 4.19. The molecule has 0 spiro atoms. The fraction of sp³-hybridized carbons (Fsp3) is 0.188. The van der Waals surface area contributed by atoms with Crippen LogP contribution in [-0.2, 0) is 13.0 Å². The zero-order chi connectivity index (χ0) is 13.8. The third kappa shape index (κ3) is 3.15. The molecule has 3 rings (SSSR count). The van der Waals surface area contributed by atoms with Gasteiger partial charge in [-0.1, -0.05) is 24.3 Å². The Balaban J connectivity index is 1.52. The van der Waals surface area contributed by atoms with Crippen LogP contribution in [-0.4, -0.2) is 16.6 Å². The first kappa shape index (κ1) is 13.1. The number of hydrogen-bond acceptors (Lipinski definition) is 4. The lowest BCUT2D eigenvalue weighted by Crippen LogP contribution is -2.16. The lowest BCUT2D eigenvalue weighted by atomic mass is 10.2. The molecule has 3 nitrogen and oxygen atoms in total. The summed E-state index contributed by atoms with van der Waals surface area (Å²) in [4.78, 5) is 4.61. The van der Waals surface area contributed by atoms with E-state index in [1.165, 1.54) is 4.70 Å². The number of aromatic hydroxyl groups is 1. The highest BCUT2D eigenvalue weighted by Gasteiger charge is 2.02. The second-order valence-corrected chi connectivity index (χ2v) is 5.79. The Labute approximate surface area is 121 Å². The first-order chi connectivity index (χ1) is 9.81. The quantitative estimate of drug-likeness (QED) is 0.706. The van der Waals surface area contributed by atoms with Crippen LogP contribution in [0.25, 0.3) is 10.2 Å². The highest BCUT2D eigenvalue weighted by Crippen LogP contribution is 2.21. The molecule has 0 aliphatic rings. The summed E-state index contributed by atoms with van der Waals surface area (Å²) in [7, 11) is 0. The van der Waals surface area contributed by atoms with Crippen molar-refractivity contribution < 1.29 is 5.11 Å². The van der Waals surface area contributed by atoms with E-state index in [4.69, 9.17) is 0 Å². The molecule has 2 aromatic carbocycles. The Hall–Kier alpha value is -1.91. The SMILES string of the molecule is Oc1cccc(CNCCc2nc3ccccc3s2)c1. The largest absolute Gasteiger partial charge is 0.508 e. The van der Waals surface area contributed by atoms with Crippen LogP contribution in [0.4, 0.5) is 0 Å². The molecule has 3 aromatic rings. The first-order valence-corrected chi connectivity index (χ1v) is 7.46. The van der Waals surface area contributed by atoms with Gasteiger partial charge in [0.1, 0.15) is 5.75 Å². The molecule has 0 bridgehead atoms. The Morgan fingerprint density at radius 3 is 2.85 bits per heavy atom. The Kier molecular flexibility index (Phi) is 3.95. The van der Waals surface area contributed by atoms with Crippen molar-refractivity contribution in [2.24, 2.45) is 0 Å². The summed E-state index contributed by atoms with van der Waals surface area (Å²) >= 11 is 1.75. The first-order valence-electron chi connectivity index (χ1n) is 6.64. The van der Waals surface area contributed by atoms with Crippen molar-refractivity contribution >= 4 is 21.6 Å². The molecule has 0 aliphatic carbocycles. The molecule has 0 saturated carbocycles. The second kappa shape index (κ2) is 6.03. The number of hydrogen-bond donors (Lipinski definition) is 2. The van der Waals surface area contributed by atoms with E-state index in [-0.39, 0.29) is 0 Å². The molecule has 0 fully saturated rings. The molecule has 0 amide bonds. The summed E-state index contributed by atoms with van der Waals surface area (Å²) < 4.78 is 1.25. The van der Waals surface area contributed by atoms with Crippen molar-refractivity contribution in [3.63, 3.8) is 0 Å². The number of rotatable bonds is 5. The normalized spacial score (nSPS) is 11.0. The molecule has 0 aliphatic heterocycles. The lowest BCUT2D eigenvalue weighted by molar-refractivity contribution is 0.474. The molecular formula is C16H16N2OS. The summed E-state index contributed by atoms with van der Waals surface area (Å²) in [6, 6.07) is 15.6. The number of nitrogens with zero attached hydrogens (tertiary/aromatic N) is 1. The van der Waals surface area contributed by atoms with Gasteiger partial charge in [-0.15, -0.1) is 11.3 Å². The zero-order valence-electron chi connectivity index (χ0n) is 11.0. The monoisotopic (exact) mass is 284 g/mol. The van der Waals surface area contributed by atoms with Crippen LogP contribution in [0.15, 0.2) is 48.5 Å². The van der Waals surface area contributed by atoms with Gasteiger partial charge < -0.3 is 10.4 Å². The summed E-state index contributed by atoms with van der Waals surface area (Å²) in [6.45, 7) is 1.65. The number of thiazole rings is 1. The predicted octanol–water partition coefficient (Wildman–Crippen LogP) is 3.33. The average molecular weight is 284 g/mol. The average Bonchev–Trinajstić information content (AvgIpc) is 2.86. The maximum absolute atomic E-state index is 9.39. The molecule has 0 radical (unpaired) electrons. The summed E-state index contributed by atoms with van der Waals surface area (Å²) in [5, 5.41) is 13.9. The van der Waals surface area contributed by atoms with Gasteiger partial charge in [-0.05, 0) is 29.8 Å². The standard InChI is InChI=1S/C16H16N2OS/c19-13-5-3-4-12(10-13)11-17-9-8-16-18-14-6-1-2-7-15(14)20-16/h1-7,10,17,19H,8-9,11H2. The maximum atomic E-state index is 9.39. The van der Waals surface area contributed by atoms with E-state index in [0.29, 0.717) is 5.75 Å². The van der Waals surface area contributed by atoms with Crippen molar-refractivity contribution in [1.29, 1.82) is 0 Å². The lowest BCUT2D eigenvalue weighted by Gasteiger charge is -2.04. The molecular weight excluding hydrogens is 268 g/mol. The van der Waals surface area contributed by atoms with Gasteiger partial charge in [0.15, 0.2) is 0 Å². The van der Waals surface area contributed by atoms with Gasteiger partial charge in [0.05, 0.1) is 15.2 Å². The van der Waals surface area contributed by atoms with E-state index in [1.54, 1.807) is 23.5 Å². The highest BCUT2D eigenvalue weighted by molar-refractivity contribution is 7.18. The van der Waals surface area contributed by atoms with Gasteiger partial charge in [-0.25, -0.2) is 4.98 Å². The van der Waals surface area contributed by atoms with Gasteiger partial charge >= 0.3 is 0 Å². The van der Waals surface area contributed by atoms with Gasteiger partial charge in [0.25, 0.3) is 0 Å². The minimum atomic E-state index is 0.315. The molecule has 1 heterocycles. The Morgan fingerprint density at radius 1 is 1.10 bits per heavy atom. The van der Waals surface area contributed by atoms with Gasteiger partial charge in [0.2, 0.25) is 0 Å². The minimum Gasteiger partial charge on any atom is -0.508 e. The van der Waals surface area contributed by atoms with Crippen LogP contribution < -0.4 is 5.32 Å². The summed E-state index contributed by atoms with van der Waals surface area (Å²) in [5.74, 6) is 0.315. The van der Waals surface area contributed by atoms with Crippen LogP contribution >= 0.6 is 11.3 Å². The Bertz CT molecular complexity index is 675. The number of phenols is 1. The second-order valence-electron chi connectivity index (χ2n) is 4.67. The molecule has 1 aromatic heterocycles. The smallest absolute Gasteiger partial charge is 0.115 e. The molecule has 0 saturated heterocycles. The molecule has 4 heteroatoms. The van der Waals surface area contributed by atoms with Crippen LogP contribution in [0.3, 0.4) is 0 Å². The van der Waals surface area contributed by atoms with Crippen molar-refractivity contribution in [2.45, 2.75) is 13.0 Å². The van der Waals surface area contributed by atoms with E-state index in [2.05, 4.69) is 22.4 Å².